The molecule has 0 radical (unpaired) electrons. The molecular formula is C20H22ClN5O3S. The molecule has 4 rings (SSSR count). The Hall–Kier alpha value is -2.78. The second-order valence-electron chi connectivity index (χ2n) is 7.27. The number of nitrogens with zero attached hydrogens (tertiary/aromatic N) is 3. The molecule has 2 N–H and O–H groups in total. The lowest BCUT2D eigenvalue weighted by Crippen LogP contribution is -2.36. The summed E-state index contributed by atoms with van der Waals surface area (Å²) in [5.74, 6) is 0.530. The van der Waals surface area contributed by atoms with Crippen LogP contribution in [-0.4, -0.2) is 61.6 Å². The van der Waals surface area contributed by atoms with Gasteiger partial charge in [0.1, 0.15) is 0 Å². The second-order valence-corrected chi connectivity index (χ2v) is 9.46. The molecule has 158 valence electrons. The Bertz CT molecular complexity index is 1160. The van der Waals surface area contributed by atoms with Crippen molar-refractivity contribution < 1.29 is 13.2 Å². The first-order chi connectivity index (χ1) is 14.3. The third-order valence-corrected chi connectivity index (χ3v) is 5.79. The monoisotopic (exact) mass is 447 g/mol. The van der Waals surface area contributed by atoms with E-state index in [-0.39, 0.29) is 17.2 Å². The molecule has 3 aromatic rings. The van der Waals surface area contributed by atoms with Crippen molar-refractivity contribution in [1.82, 2.24) is 14.9 Å². The van der Waals surface area contributed by atoms with E-state index in [4.69, 9.17) is 11.6 Å². The number of hydrogen-bond donors (Lipinski definition) is 2. The van der Waals surface area contributed by atoms with E-state index < -0.39 is 10.0 Å². The number of H-pyrrole nitrogens is 1. The smallest absolute Gasteiger partial charge is 0.256 e. The molecule has 2 aromatic carbocycles. The molecule has 0 atom stereocenters. The van der Waals surface area contributed by atoms with Crippen LogP contribution in [0.15, 0.2) is 42.5 Å². The Morgan fingerprint density at radius 3 is 2.70 bits per heavy atom. The minimum absolute atomic E-state index is 0.227. The molecule has 1 aliphatic rings. The average molecular weight is 448 g/mol. The van der Waals surface area contributed by atoms with Crippen LogP contribution in [0.4, 0.5) is 11.6 Å². The highest BCUT2D eigenvalue weighted by atomic mass is 35.5. The van der Waals surface area contributed by atoms with Crippen LogP contribution < -0.4 is 9.62 Å². The lowest BCUT2D eigenvalue weighted by atomic mass is 10.1. The van der Waals surface area contributed by atoms with E-state index in [1.54, 1.807) is 11.0 Å². The van der Waals surface area contributed by atoms with Crippen LogP contribution in [0.25, 0.3) is 11.0 Å². The van der Waals surface area contributed by atoms with Gasteiger partial charge in [0, 0.05) is 31.2 Å². The van der Waals surface area contributed by atoms with Gasteiger partial charge in [-0.3, -0.25) is 9.52 Å². The molecule has 1 aromatic heterocycles. The van der Waals surface area contributed by atoms with E-state index in [0.717, 1.165) is 36.2 Å². The van der Waals surface area contributed by atoms with Gasteiger partial charge < -0.3 is 14.8 Å². The standard InChI is InChI=1S/C20H22ClN5O3S/c1-30(28,29)24-16-8-7-14(21)13-15(16)19(27)25-9-4-10-26(12-11-25)20-22-17-5-2-3-6-18(17)23-20/h2-3,5-8,13,24H,4,9-12H2,1H3,(H,22,23). The Morgan fingerprint density at radius 2 is 1.93 bits per heavy atom. The number of benzene rings is 2. The number of halogens is 1. The van der Waals surface area contributed by atoms with Gasteiger partial charge in [0.15, 0.2) is 0 Å². The number of anilines is 2. The highest BCUT2D eigenvalue weighted by Crippen LogP contribution is 2.24. The van der Waals surface area contributed by atoms with Crippen molar-refractivity contribution >= 4 is 50.2 Å². The molecule has 10 heteroatoms. The number of carbonyl (C=O) groups excluding carboxylic acids is 1. The number of amides is 1. The van der Waals surface area contributed by atoms with E-state index in [2.05, 4.69) is 19.6 Å². The number of para-hydroxylation sites is 2. The first-order valence-electron chi connectivity index (χ1n) is 9.56. The van der Waals surface area contributed by atoms with Crippen LogP contribution >= 0.6 is 11.6 Å². The second kappa shape index (κ2) is 8.16. The molecule has 0 saturated carbocycles. The first-order valence-corrected chi connectivity index (χ1v) is 11.8. The van der Waals surface area contributed by atoms with Gasteiger partial charge in [0.05, 0.1) is 28.5 Å². The van der Waals surface area contributed by atoms with E-state index in [9.17, 15) is 13.2 Å². The fourth-order valence-electron chi connectivity index (χ4n) is 3.57. The van der Waals surface area contributed by atoms with Crippen LogP contribution in [0, 0.1) is 0 Å². The number of sulfonamides is 1. The Balaban J connectivity index is 1.53. The fourth-order valence-corrected chi connectivity index (χ4v) is 4.32. The Kier molecular flexibility index (Phi) is 5.57. The van der Waals surface area contributed by atoms with Gasteiger partial charge in [-0.1, -0.05) is 23.7 Å². The molecule has 0 spiro atoms. The molecule has 1 amide bonds. The highest BCUT2D eigenvalue weighted by Gasteiger charge is 2.24. The fraction of sp³-hybridized carbons (Fsp3) is 0.300. The third-order valence-electron chi connectivity index (χ3n) is 4.97. The van der Waals surface area contributed by atoms with Gasteiger partial charge in [0.25, 0.3) is 5.91 Å². The summed E-state index contributed by atoms with van der Waals surface area (Å²) in [7, 11) is -3.53. The molecule has 0 bridgehead atoms. The van der Waals surface area contributed by atoms with Gasteiger partial charge in [0.2, 0.25) is 16.0 Å². The van der Waals surface area contributed by atoms with E-state index in [1.165, 1.54) is 12.1 Å². The third kappa shape index (κ3) is 4.52. The van der Waals surface area contributed by atoms with Crippen molar-refractivity contribution in [1.29, 1.82) is 0 Å². The SMILES string of the molecule is CS(=O)(=O)Nc1ccc(Cl)cc1C(=O)N1CCCN(c2nc3ccccc3[nH]2)CC1. The number of aromatic nitrogens is 2. The quantitative estimate of drug-likeness (QED) is 0.640. The van der Waals surface area contributed by atoms with Gasteiger partial charge in [-0.2, -0.15) is 0 Å². The number of imidazole rings is 1. The van der Waals surface area contributed by atoms with Crippen LogP contribution in [-0.2, 0) is 10.0 Å². The molecular weight excluding hydrogens is 426 g/mol. The maximum absolute atomic E-state index is 13.2. The average Bonchev–Trinajstić information content (AvgIpc) is 2.97. The summed E-state index contributed by atoms with van der Waals surface area (Å²) in [6, 6.07) is 12.4. The van der Waals surface area contributed by atoms with Gasteiger partial charge >= 0.3 is 0 Å². The molecule has 0 unspecified atom stereocenters. The lowest BCUT2D eigenvalue weighted by Gasteiger charge is -2.23. The van der Waals surface area contributed by atoms with Crippen molar-refractivity contribution in [2.75, 3.05) is 42.1 Å². The van der Waals surface area contributed by atoms with Crippen LogP contribution in [0.5, 0.6) is 0 Å². The molecule has 30 heavy (non-hydrogen) atoms. The minimum Gasteiger partial charge on any atom is -0.341 e. The normalized spacial score (nSPS) is 15.3. The van der Waals surface area contributed by atoms with E-state index in [0.29, 0.717) is 24.7 Å². The van der Waals surface area contributed by atoms with Gasteiger partial charge in [-0.05, 0) is 36.8 Å². The highest BCUT2D eigenvalue weighted by molar-refractivity contribution is 7.92. The summed E-state index contributed by atoms with van der Waals surface area (Å²) >= 11 is 6.08. The summed E-state index contributed by atoms with van der Waals surface area (Å²) in [4.78, 5) is 25.0. The van der Waals surface area contributed by atoms with Crippen molar-refractivity contribution in [3.8, 4) is 0 Å². The number of aromatic amines is 1. The van der Waals surface area contributed by atoms with Crippen molar-refractivity contribution in [3.05, 3.63) is 53.1 Å². The van der Waals surface area contributed by atoms with Crippen molar-refractivity contribution in [3.63, 3.8) is 0 Å². The van der Waals surface area contributed by atoms with E-state index >= 15 is 0 Å². The Morgan fingerprint density at radius 1 is 1.13 bits per heavy atom. The van der Waals surface area contributed by atoms with Crippen LogP contribution in [0.2, 0.25) is 5.02 Å². The zero-order valence-corrected chi connectivity index (χ0v) is 18.0. The zero-order chi connectivity index (χ0) is 21.3. The molecule has 0 aliphatic carbocycles. The van der Waals surface area contributed by atoms with Crippen molar-refractivity contribution in [2.45, 2.75) is 6.42 Å². The summed E-state index contributed by atoms with van der Waals surface area (Å²) in [6.07, 6.45) is 1.81. The summed E-state index contributed by atoms with van der Waals surface area (Å²) < 4.78 is 25.8. The maximum atomic E-state index is 13.2. The number of nitrogens with one attached hydrogen (secondary N) is 2. The predicted molar refractivity (Wildman–Crippen MR) is 119 cm³/mol. The lowest BCUT2D eigenvalue weighted by molar-refractivity contribution is 0.0768. The topological polar surface area (TPSA) is 98.4 Å². The summed E-state index contributed by atoms with van der Waals surface area (Å²) in [5, 5.41) is 0.371. The molecule has 1 fully saturated rings. The van der Waals surface area contributed by atoms with Gasteiger partial charge in [-0.25, -0.2) is 13.4 Å². The Labute approximate surface area is 179 Å². The van der Waals surface area contributed by atoms with E-state index in [1.807, 2.05) is 24.3 Å². The number of fused-ring (bicyclic) bond motifs is 1. The predicted octanol–water partition coefficient (Wildman–Crippen LogP) is 2.94. The maximum Gasteiger partial charge on any atom is 0.256 e. The van der Waals surface area contributed by atoms with Crippen molar-refractivity contribution in [2.24, 2.45) is 0 Å². The van der Waals surface area contributed by atoms with Gasteiger partial charge in [-0.15, -0.1) is 0 Å². The van der Waals surface area contributed by atoms with Crippen LogP contribution in [0.1, 0.15) is 16.8 Å². The molecule has 1 aliphatic heterocycles. The largest absolute Gasteiger partial charge is 0.341 e. The summed E-state index contributed by atoms with van der Waals surface area (Å²) in [5.41, 5.74) is 2.34. The number of carbonyl (C=O) groups is 1. The van der Waals surface area contributed by atoms with Crippen LogP contribution in [0.3, 0.4) is 0 Å². The molecule has 2 heterocycles. The summed E-state index contributed by atoms with van der Waals surface area (Å²) in [6.45, 7) is 2.41. The molecule has 1 saturated heterocycles. The number of rotatable bonds is 4. The number of hydrogen-bond acceptors (Lipinski definition) is 5. The first kappa shape index (κ1) is 20.5. The zero-order valence-electron chi connectivity index (χ0n) is 16.4. The minimum atomic E-state index is -3.53. The molecule has 8 nitrogen and oxygen atoms in total.